The molecule has 3 rings (SSSR count). The molecule has 5 heteroatoms. The number of ether oxygens (including phenoxy) is 1. The highest BCUT2D eigenvalue weighted by atomic mass is 79.9. The standard InChI is InChI=1S/C14H12BrN3O/c15-10-4-5-13(12(16)7-10)19-9-11-8-18-6-2-1-3-14(18)17-11/h1-8H,9,16H2. The van der Waals surface area contributed by atoms with Gasteiger partial charge in [-0.3, -0.25) is 0 Å². The van der Waals surface area contributed by atoms with E-state index in [1.54, 1.807) is 0 Å². The summed E-state index contributed by atoms with van der Waals surface area (Å²) in [6.07, 6.45) is 3.91. The molecule has 19 heavy (non-hydrogen) atoms. The van der Waals surface area contributed by atoms with Crippen LogP contribution in [0.2, 0.25) is 0 Å². The summed E-state index contributed by atoms with van der Waals surface area (Å²) in [6.45, 7) is 0.396. The van der Waals surface area contributed by atoms with Crippen molar-refractivity contribution >= 4 is 27.3 Å². The van der Waals surface area contributed by atoms with Gasteiger partial charge in [0.05, 0.1) is 11.4 Å². The maximum Gasteiger partial charge on any atom is 0.142 e. The molecule has 2 heterocycles. The molecule has 2 aromatic heterocycles. The number of benzene rings is 1. The average molecular weight is 318 g/mol. The number of nitrogens with zero attached hydrogens (tertiary/aromatic N) is 2. The van der Waals surface area contributed by atoms with Crippen molar-refractivity contribution in [1.29, 1.82) is 0 Å². The number of rotatable bonds is 3. The van der Waals surface area contributed by atoms with E-state index in [4.69, 9.17) is 10.5 Å². The summed E-state index contributed by atoms with van der Waals surface area (Å²) < 4.78 is 8.58. The van der Waals surface area contributed by atoms with E-state index in [1.165, 1.54) is 0 Å². The second-order valence-electron chi connectivity index (χ2n) is 4.17. The topological polar surface area (TPSA) is 52.5 Å². The minimum Gasteiger partial charge on any atom is -0.485 e. The number of nitrogen functional groups attached to an aromatic ring is 1. The molecule has 0 fully saturated rings. The molecule has 3 aromatic rings. The van der Waals surface area contributed by atoms with E-state index in [0.29, 0.717) is 18.0 Å². The van der Waals surface area contributed by atoms with Crippen molar-refractivity contribution in [2.75, 3.05) is 5.73 Å². The SMILES string of the molecule is Nc1cc(Br)ccc1OCc1cn2ccccc2n1. The lowest BCUT2D eigenvalue weighted by Crippen LogP contribution is -1.98. The van der Waals surface area contributed by atoms with Gasteiger partial charge in [0, 0.05) is 16.9 Å². The van der Waals surface area contributed by atoms with Crippen LogP contribution in [0.1, 0.15) is 5.69 Å². The van der Waals surface area contributed by atoms with Crippen molar-refractivity contribution in [2.24, 2.45) is 0 Å². The highest BCUT2D eigenvalue weighted by Gasteiger charge is 2.04. The van der Waals surface area contributed by atoms with Crippen molar-refractivity contribution in [3.8, 4) is 5.75 Å². The molecule has 0 aliphatic carbocycles. The predicted molar refractivity (Wildman–Crippen MR) is 78.1 cm³/mol. The van der Waals surface area contributed by atoms with Crippen LogP contribution in [-0.2, 0) is 6.61 Å². The van der Waals surface area contributed by atoms with E-state index in [0.717, 1.165) is 15.8 Å². The Morgan fingerprint density at radius 1 is 1.26 bits per heavy atom. The quantitative estimate of drug-likeness (QED) is 0.754. The largest absolute Gasteiger partial charge is 0.485 e. The second kappa shape index (κ2) is 4.93. The number of hydrogen-bond donors (Lipinski definition) is 1. The maximum atomic E-state index is 5.88. The van der Waals surface area contributed by atoms with Crippen LogP contribution < -0.4 is 10.5 Å². The van der Waals surface area contributed by atoms with Crippen LogP contribution in [0.5, 0.6) is 5.75 Å². The number of halogens is 1. The fourth-order valence-corrected chi connectivity index (χ4v) is 2.24. The fraction of sp³-hybridized carbons (Fsp3) is 0.0714. The zero-order valence-electron chi connectivity index (χ0n) is 10.1. The van der Waals surface area contributed by atoms with Crippen molar-refractivity contribution in [3.05, 3.63) is 59.0 Å². The fourth-order valence-electron chi connectivity index (χ4n) is 1.86. The number of pyridine rings is 1. The zero-order valence-corrected chi connectivity index (χ0v) is 11.7. The summed E-state index contributed by atoms with van der Waals surface area (Å²) in [5.41, 5.74) is 8.27. The Kier molecular flexibility index (Phi) is 3.13. The number of aromatic nitrogens is 2. The van der Waals surface area contributed by atoms with Gasteiger partial charge in [0.15, 0.2) is 0 Å². The maximum absolute atomic E-state index is 5.88. The molecule has 0 saturated heterocycles. The number of imidazole rings is 1. The number of fused-ring (bicyclic) bond motifs is 1. The average Bonchev–Trinajstić information content (AvgIpc) is 2.80. The summed E-state index contributed by atoms with van der Waals surface area (Å²) in [4.78, 5) is 4.46. The summed E-state index contributed by atoms with van der Waals surface area (Å²) in [6, 6.07) is 11.4. The van der Waals surface area contributed by atoms with Gasteiger partial charge in [-0.05, 0) is 30.3 Å². The van der Waals surface area contributed by atoms with Crippen LogP contribution in [-0.4, -0.2) is 9.38 Å². The lowest BCUT2D eigenvalue weighted by atomic mass is 10.3. The van der Waals surface area contributed by atoms with Crippen LogP contribution >= 0.6 is 15.9 Å². The molecule has 1 aromatic carbocycles. The van der Waals surface area contributed by atoms with Gasteiger partial charge in [-0.1, -0.05) is 22.0 Å². The van der Waals surface area contributed by atoms with E-state index in [9.17, 15) is 0 Å². The van der Waals surface area contributed by atoms with Gasteiger partial charge in [0.1, 0.15) is 18.0 Å². The number of anilines is 1. The Labute approximate surface area is 119 Å². The van der Waals surface area contributed by atoms with Crippen LogP contribution in [0.3, 0.4) is 0 Å². The minimum atomic E-state index is 0.396. The van der Waals surface area contributed by atoms with E-state index in [2.05, 4.69) is 20.9 Å². The molecule has 0 aliphatic rings. The summed E-state index contributed by atoms with van der Waals surface area (Å²) in [7, 11) is 0. The normalized spacial score (nSPS) is 10.8. The molecule has 0 radical (unpaired) electrons. The third kappa shape index (κ3) is 2.56. The summed E-state index contributed by atoms with van der Waals surface area (Å²) >= 11 is 3.36. The molecule has 0 aliphatic heterocycles. The van der Waals surface area contributed by atoms with Gasteiger partial charge >= 0.3 is 0 Å². The third-order valence-electron chi connectivity index (χ3n) is 2.76. The van der Waals surface area contributed by atoms with E-state index < -0.39 is 0 Å². The van der Waals surface area contributed by atoms with E-state index in [-0.39, 0.29) is 0 Å². The lowest BCUT2D eigenvalue weighted by Gasteiger charge is -2.07. The number of nitrogens with two attached hydrogens (primary N) is 1. The molecule has 0 bridgehead atoms. The molecule has 0 unspecified atom stereocenters. The highest BCUT2D eigenvalue weighted by molar-refractivity contribution is 9.10. The first kappa shape index (κ1) is 12.0. The molecular weight excluding hydrogens is 306 g/mol. The summed E-state index contributed by atoms with van der Waals surface area (Å²) in [5.74, 6) is 0.667. The van der Waals surface area contributed by atoms with Crippen molar-refractivity contribution in [2.45, 2.75) is 6.61 Å². The second-order valence-corrected chi connectivity index (χ2v) is 5.08. The Morgan fingerprint density at radius 2 is 2.16 bits per heavy atom. The Morgan fingerprint density at radius 3 is 2.95 bits per heavy atom. The molecule has 0 saturated carbocycles. The van der Waals surface area contributed by atoms with Crippen LogP contribution in [0.15, 0.2) is 53.3 Å². The zero-order chi connectivity index (χ0) is 13.2. The van der Waals surface area contributed by atoms with Crippen LogP contribution in [0.25, 0.3) is 5.65 Å². The van der Waals surface area contributed by atoms with Gasteiger partial charge in [-0.2, -0.15) is 0 Å². The Bertz CT molecular complexity index is 691. The van der Waals surface area contributed by atoms with Gasteiger partial charge in [-0.25, -0.2) is 4.98 Å². The van der Waals surface area contributed by atoms with E-state index >= 15 is 0 Å². The lowest BCUT2D eigenvalue weighted by molar-refractivity contribution is 0.304. The van der Waals surface area contributed by atoms with Gasteiger partial charge in [0.25, 0.3) is 0 Å². The predicted octanol–water partition coefficient (Wildman–Crippen LogP) is 3.26. The van der Waals surface area contributed by atoms with Crippen molar-refractivity contribution in [3.63, 3.8) is 0 Å². The molecule has 4 nitrogen and oxygen atoms in total. The molecule has 96 valence electrons. The van der Waals surface area contributed by atoms with Gasteiger partial charge in [0.2, 0.25) is 0 Å². The van der Waals surface area contributed by atoms with Crippen LogP contribution in [0, 0.1) is 0 Å². The van der Waals surface area contributed by atoms with Gasteiger partial charge in [-0.15, -0.1) is 0 Å². The monoisotopic (exact) mass is 317 g/mol. The smallest absolute Gasteiger partial charge is 0.142 e. The summed E-state index contributed by atoms with van der Waals surface area (Å²) in [5, 5.41) is 0. The first-order valence-corrected chi connectivity index (χ1v) is 6.62. The third-order valence-corrected chi connectivity index (χ3v) is 3.25. The number of hydrogen-bond acceptors (Lipinski definition) is 3. The van der Waals surface area contributed by atoms with Gasteiger partial charge < -0.3 is 14.9 Å². The molecule has 2 N–H and O–H groups in total. The Balaban J connectivity index is 1.78. The van der Waals surface area contributed by atoms with Crippen molar-refractivity contribution < 1.29 is 4.74 Å². The molecule has 0 atom stereocenters. The first-order chi connectivity index (χ1) is 9.22. The van der Waals surface area contributed by atoms with Crippen molar-refractivity contribution in [1.82, 2.24) is 9.38 Å². The first-order valence-electron chi connectivity index (χ1n) is 5.83. The minimum absolute atomic E-state index is 0.396. The van der Waals surface area contributed by atoms with E-state index in [1.807, 2.05) is 53.2 Å². The highest BCUT2D eigenvalue weighted by Crippen LogP contribution is 2.25. The Hall–Kier alpha value is -2.01. The molecular formula is C14H12BrN3O. The molecule has 0 amide bonds. The van der Waals surface area contributed by atoms with Crippen LogP contribution in [0.4, 0.5) is 5.69 Å². The molecule has 0 spiro atoms.